The minimum absolute atomic E-state index is 0.0988. The molecule has 0 unspecified atom stereocenters. The molecule has 5 aromatic rings. The molecule has 0 radical (unpaired) electrons. The molecule has 7 nitrogen and oxygen atoms in total. The topological polar surface area (TPSA) is 96.5 Å². The highest BCUT2D eigenvalue weighted by Crippen LogP contribution is 2.24. The summed E-state index contributed by atoms with van der Waals surface area (Å²) in [6, 6.07) is 26.8. The van der Waals surface area contributed by atoms with Gasteiger partial charge in [0.05, 0.1) is 0 Å². The average molecular weight is 542 g/mol. The van der Waals surface area contributed by atoms with E-state index in [1.165, 1.54) is 6.08 Å². The summed E-state index contributed by atoms with van der Waals surface area (Å²) in [5.74, 6) is 0.567. The molecule has 188 valence electrons. The zero-order valence-corrected chi connectivity index (χ0v) is 21.3. The monoisotopic (exact) mass is 541 g/mol. The number of rotatable bonds is 6. The van der Waals surface area contributed by atoms with Crippen LogP contribution < -0.4 is 16.0 Å². The van der Waals surface area contributed by atoms with Crippen LogP contribution in [0.5, 0.6) is 0 Å². The first-order valence-electron chi connectivity index (χ1n) is 11.5. The first-order chi connectivity index (χ1) is 18.4. The van der Waals surface area contributed by atoms with Crippen LogP contribution in [0.2, 0.25) is 5.02 Å². The van der Waals surface area contributed by atoms with E-state index in [-0.39, 0.29) is 16.8 Å². The summed E-state index contributed by atoms with van der Waals surface area (Å²) in [6.07, 6.45) is 2.87. The average Bonchev–Trinajstić information content (AvgIpc) is 3.56. The summed E-state index contributed by atoms with van der Waals surface area (Å²) >= 11 is 11.2. The van der Waals surface area contributed by atoms with Gasteiger partial charge in [0.25, 0.3) is 5.91 Å². The van der Waals surface area contributed by atoms with Crippen molar-refractivity contribution in [3.63, 3.8) is 0 Å². The minimum atomic E-state index is -0.429. The third kappa shape index (κ3) is 6.18. The van der Waals surface area contributed by atoms with Crippen molar-refractivity contribution in [2.45, 2.75) is 0 Å². The molecule has 3 N–H and O–H groups in total. The van der Waals surface area contributed by atoms with Gasteiger partial charge in [0.2, 0.25) is 5.91 Å². The fourth-order valence-electron chi connectivity index (χ4n) is 3.65. The van der Waals surface area contributed by atoms with Crippen molar-refractivity contribution in [3.05, 3.63) is 114 Å². The normalized spacial score (nSPS) is 11.0. The summed E-state index contributed by atoms with van der Waals surface area (Å²) in [6.45, 7) is 0. The van der Waals surface area contributed by atoms with Gasteiger partial charge in [0, 0.05) is 33.4 Å². The van der Waals surface area contributed by atoms with Gasteiger partial charge < -0.3 is 19.5 Å². The zero-order chi connectivity index (χ0) is 26.5. The molecule has 5 rings (SSSR count). The van der Waals surface area contributed by atoms with Gasteiger partial charge in [0.15, 0.2) is 10.9 Å². The highest BCUT2D eigenvalue weighted by atomic mass is 35.5. The highest BCUT2D eigenvalue weighted by molar-refractivity contribution is 7.80. The number of hydrogen-bond acceptors (Lipinski definition) is 5. The van der Waals surface area contributed by atoms with Crippen LogP contribution in [-0.4, -0.2) is 16.9 Å². The standard InChI is InChI=1S/C29H20ClN3O4S/c30-20-10-8-18(9-11-20)25-14-12-23(36-25)13-15-27(34)33-29(38)32-22-6-3-5-21(17-22)31-28(35)26-16-19-4-1-2-7-24(19)37-26/h1-17H,(H,31,35)(H2,32,33,34,38)/b15-13+. The van der Waals surface area contributed by atoms with Gasteiger partial charge in [-0.1, -0.05) is 35.9 Å². The number of amides is 2. The number of carbonyl (C=O) groups excluding carboxylic acids is 2. The van der Waals surface area contributed by atoms with E-state index >= 15 is 0 Å². The third-order valence-corrected chi connectivity index (χ3v) is 5.87. The maximum Gasteiger partial charge on any atom is 0.291 e. The molecule has 0 atom stereocenters. The molecule has 38 heavy (non-hydrogen) atoms. The summed E-state index contributed by atoms with van der Waals surface area (Å²) in [5.41, 5.74) is 2.63. The molecule has 2 aromatic heterocycles. The molecular weight excluding hydrogens is 522 g/mol. The number of fused-ring (bicyclic) bond motifs is 1. The largest absolute Gasteiger partial charge is 0.457 e. The Morgan fingerprint density at radius 2 is 1.58 bits per heavy atom. The van der Waals surface area contributed by atoms with Gasteiger partial charge in [-0.05, 0) is 85.0 Å². The molecule has 0 saturated heterocycles. The molecule has 2 heterocycles. The van der Waals surface area contributed by atoms with Crippen molar-refractivity contribution in [1.82, 2.24) is 5.32 Å². The maximum atomic E-state index is 12.6. The predicted octanol–water partition coefficient (Wildman–Crippen LogP) is 7.12. The minimum Gasteiger partial charge on any atom is -0.457 e. The van der Waals surface area contributed by atoms with E-state index < -0.39 is 5.91 Å². The number of thiocarbonyl (C=S) groups is 1. The Balaban J connectivity index is 1.15. The van der Waals surface area contributed by atoms with Gasteiger partial charge in [-0.2, -0.15) is 0 Å². The molecule has 0 aliphatic carbocycles. The highest BCUT2D eigenvalue weighted by Gasteiger charge is 2.13. The second kappa shape index (κ2) is 11.2. The Morgan fingerprint density at radius 3 is 2.37 bits per heavy atom. The second-order valence-electron chi connectivity index (χ2n) is 8.17. The van der Waals surface area contributed by atoms with E-state index in [1.54, 1.807) is 60.7 Å². The first-order valence-corrected chi connectivity index (χ1v) is 12.3. The van der Waals surface area contributed by atoms with Crippen molar-refractivity contribution in [3.8, 4) is 11.3 Å². The molecule has 3 aromatic carbocycles. The smallest absolute Gasteiger partial charge is 0.291 e. The molecule has 2 amide bonds. The number of nitrogens with one attached hydrogen (secondary N) is 3. The van der Waals surface area contributed by atoms with Gasteiger partial charge in [-0.3, -0.25) is 14.9 Å². The van der Waals surface area contributed by atoms with Gasteiger partial charge in [0.1, 0.15) is 17.1 Å². The van der Waals surface area contributed by atoms with E-state index in [0.29, 0.717) is 33.5 Å². The van der Waals surface area contributed by atoms with E-state index in [4.69, 9.17) is 32.7 Å². The lowest BCUT2D eigenvalue weighted by molar-refractivity contribution is -0.115. The summed E-state index contributed by atoms with van der Waals surface area (Å²) < 4.78 is 11.4. The molecule has 0 saturated carbocycles. The molecule has 0 aliphatic heterocycles. The van der Waals surface area contributed by atoms with Crippen molar-refractivity contribution in [1.29, 1.82) is 0 Å². The molecule has 9 heteroatoms. The van der Waals surface area contributed by atoms with E-state index in [1.807, 2.05) is 36.4 Å². The Hall–Kier alpha value is -4.66. The lowest BCUT2D eigenvalue weighted by Crippen LogP contribution is -2.32. The molecule has 0 fully saturated rings. The number of para-hydroxylation sites is 1. The summed E-state index contributed by atoms with van der Waals surface area (Å²) in [5, 5.41) is 9.89. The van der Waals surface area contributed by atoms with Crippen LogP contribution in [0.15, 0.2) is 106 Å². The molecular formula is C29H20ClN3O4S. The third-order valence-electron chi connectivity index (χ3n) is 5.42. The molecule has 0 aliphatic rings. The molecule has 0 bridgehead atoms. The maximum absolute atomic E-state index is 12.6. The van der Waals surface area contributed by atoms with Gasteiger partial charge in [-0.25, -0.2) is 0 Å². The van der Waals surface area contributed by atoms with Crippen LogP contribution in [0.1, 0.15) is 16.3 Å². The second-order valence-corrected chi connectivity index (χ2v) is 9.01. The lowest BCUT2D eigenvalue weighted by atomic mass is 10.2. The summed E-state index contributed by atoms with van der Waals surface area (Å²) in [7, 11) is 0. The lowest BCUT2D eigenvalue weighted by Gasteiger charge is -2.10. The Kier molecular flexibility index (Phi) is 7.35. The van der Waals surface area contributed by atoms with Crippen LogP contribution in [0, 0.1) is 0 Å². The number of anilines is 2. The van der Waals surface area contributed by atoms with Crippen LogP contribution in [0.25, 0.3) is 28.4 Å². The van der Waals surface area contributed by atoms with Crippen molar-refractivity contribution < 1.29 is 18.4 Å². The molecule has 0 spiro atoms. The number of furan rings is 2. The van der Waals surface area contributed by atoms with E-state index in [9.17, 15) is 9.59 Å². The number of carbonyl (C=O) groups is 2. The SMILES string of the molecule is O=C(/C=C/c1ccc(-c2ccc(Cl)cc2)o1)NC(=S)Nc1cccc(NC(=O)c2cc3ccccc3o2)c1. The van der Waals surface area contributed by atoms with Crippen molar-refractivity contribution >= 4 is 69.2 Å². The van der Waals surface area contributed by atoms with Gasteiger partial charge in [-0.15, -0.1) is 0 Å². The van der Waals surface area contributed by atoms with E-state index in [2.05, 4.69) is 16.0 Å². The Morgan fingerprint density at radius 1 is 0.816 bits per heavy atom. The predicted molar refractivity (Wildman–Crippen MR) is 153 cm³/mol. The van der Waals surface area contributed by atoms with Crippen LogP contribution in [-0.2, 0) is 4.79 Å². The zero-order valence-electron chi connectivity index (χ0n) is 19.7. The number of benzene rings is 3. The number of halogens is 1. The fraction of sp³-hybridized carbons (Fsp3) is 0. The Bertz CT molecular complexity index is 1640. The fourth-order valence-corrected chi connectivity index (χ4v) is 3.99. The van der Waals surface area contributed by atoms with Crippen LogP contribution in [0.4, 0.5) is 11.4 Å². The number of hydrogen-bond donors (Lipinski definition) is 3. The first kappa shape index (κ1) is 25.0. The van der Waals surface area contributed by atoms with E-state index in [0.717, 1.165) is 10.9 Å². The van der Waals surface area contributed by atoms with Crippen LogP contribution in [0.3, 0.4) is 0 Å². The van der Waals surface area contributed by atoms with Crippen LogP contribution >= 0.6 is 23.8 Å². The van der Waals surface area contributed by atoms with Crippen molar-refractivity contribution in [2.75, 3.05) is 10.6 Å². The van der Waals surface area contributed by atoms with Gasteiger partial charge >= 0.3 is 0 Å². The van der Waals surface area contributed by atoms with Crippen molar-refractivity contribution in [2.24, 2.45) is 0 Å². The summed E-state index contributed by atoms with van der Waals surface area (Å²) in [4.78, 5) is 24.9. The quantitative estimate of drug-likeness (QED) is 0.156. The Labute approximate surface area is 228 Å².